The van der Waals surface area contributed by atoms with Gasteiger partial charge in [0.2, 0.25) is 0 Å². The molecule has 0 radical (unpaired) electrons. The number of hydrogen-bond acceptors (Lipinski definition) is 0. The fourth-order valence-electron chi connectivity index (χ4n) is 0. The molecule has 4 heavy (non-hydrogen) atoms. The smallest absolute Gasteiger partial charge is 1.00 e. The molecule has 0 N–H and O–H groups in total. The minimum Gasteiger partial charge on any atom is -1.00 e. The zero-order valence-corrected chi connectivity index (χ0v) is 3.35. The van der Waals surface area contributed by atoms with Gasteiger partial charge in [-0.3, -0.25) is 14.1 Å². The summed E-state index contributed by atoms with van der Waals surface area (Å²) in [6.07, 6.45) is 0. The van der Waals surface area contributed by atoms with E-state index in [0.29, 0.717) is 0 Å². The van der Waals surface area contributed by atoms with Crippen LogP contribution < -0.4 is 0 Å². The van der Waals surface area contributed by atoms with Crippen molar-refractivity contribution in [1.82, 2.24) is 0 Å². The number of hydrogen-bond donors (Lipinski definition) is 0. The standard InChI is InChI=1S/3FH.Mg.2H/h3*1H;;;/q;;;+2;2*-1. The quantitative estimate of drug-likeness (QED) is 0.372. The molecule has 0 rings (SSSR count). The zero-order valence-electron chi connectivity index (χ0n) is 3.93. The van der Waals surface area contributed by atoms with Gasteiger partial charge in [-0.1, -0.05) is 0 Å². The molecule has 0 atom stereocenters. The Hall–Kier alpha value is 0.556. The van der Waals surface area contributed by atoms with E-state index in [1.54, 1.807) is 0 Å². The fourth-order valence-corrected chi connectivity index (χ4v) is 0. The Labute approximate surface area is 40.8 Å². The average Bonchev–Trinajstić information content (AvgIpc) is 0. The van der Waals surface area contributed by atoms with Crippen LogP contribution in [0.4, 0.5) is 14.1 Å². The third-order valence-corrected chi connectivity index (χ3v) is 0. The Kier molecular flexibility index (Phi) is 3500. The van der Waals surface area contributed by atoms with Gasteiger partial charge in [0.15, 0.2) is 0 Å². The fraction of sp³-hybridized carbons (Fsp3) is 0. The molecule has 0 aliphatic carbocycles. The molecule has 0 aromatic heterocycles. The van der Waals surface area contributed by atoms with Gasteiger partial charge >= 0.3 is 23.1 Å². The predicted molar refractivity (Wildman–Crippen MR) is 15.5 cm³/mol. The second-order valence-corrected chi connectivity index (χ2v) is 0. The van der Waals surface area contributed by atoms with Crippen LogP contribution in [0.3, 0.4) is 0 Å². The minimum absolute atomic E-state index is 0. The third-order valence-electron chi connectivity index (χ3n) is 0. The largest absolute Gasteiger partial charge is 2.00 e. The summed E-state index contributed by atoms with van der Waals surface area (Å²) in [6, 6.07) is 0. The summed E-state index contributed by atoms with van der Waals surface area (Å²) < 4.78 is 0. The van der Waals surface area contributed by atoms with Gasteiger partial charge < -0.3 is 2.85 Å². The first-order chi connectivity index (χ1) is 0. The summed E-state index contributed by atoms with van der Waals surface area (Å²) in [5.41, 5.74) is 0. The van der Waals surface area contributed by atoms with E-state index in [1.165, 1.54) is 0 Å². The third kappa shape index (κ3) is 20.0. The van der Waals surface area contributed by atoms with E-state index in [-0.39, 0.29) is 40.0 Å². The topological polar surface area (TPSA) is 0 Å². The van der Waals surface area contributed by atoms with E-state index in [0.717, 1.165) is 0 Å². The molecule has 0 aliphatic rings. The molecule has 0 spiro atoms. The van der Waals surface area contributed by atoms with Gasteiger partial charge in [-0.25, -0.2) is 0 Å². The Morgan fingerprint density at radius 1 is 0.750 bits per heavy atom. The molecule has 0 saturated carbocycles. The van der Waals surface area contributed by atoms with Crippen molar-refractivity contribution in [3.63, 3.8) is 0 Å². The van der Waals surface area contributed by atoms with E-state index < -0.39 is 0 Å². The summed E-state index contributed by atoms with van der Waals surface area (Å²) in [7, 11) is 0. The van der Waals surface area contributed by atoms with Crippen LogP contribution >= 0.6 is 0 Å². The van der Waals surface area contributed by atoms with Crippen molar-refractivity contribution >= 4 is 23.1 Å². The average molecular weight is 86.3 g/mol. The maximum atomic E-state index is 0. The molecule has 0 aromatic carbocycles. The van der Waals surface area contributed by atoms with Crippen molar-refractivity contribution in [3.8, 4) is 0 Å². The van der Waals surface area contributed by atoms with E-state index in [1.807, 2.05) is 0 Å². The molecule has 4 heteroatoms. The Bertz CT molecular complexity index is 8.75. The van der Waals surface area contributed by atoms with Gasteiger partial charge in [0.05, 0.1) is 0 Å². The minimum atomic E-state index is 0. The number of halogens is 3. The van der Waals surface area contributed by atoms with Gasteiger partial charge in [-0.2, -0.15) is 0 Å². The van der Waals surface area contributed by atoms with Crippen molar-refractivity contribution in [2.24, 2.45) is 0 Å². The maximum absolute atomic E-state index is 0. The first kappa shape index (κ1) is 186. The van der Waals surface area contributed by atoms with Crippen molar-refractivity contribution in [3.05, 3.63) is 0 Å². The molecule has 0 aliphatic heterocycles. The van der Waals surface area contributed by atoms with Crippen LogP contribution in [0, 0.1) is 0 Å². The summed E-state index contributed by atoms with van der Waals surface area (Å²) in [5, 5.41) is 0. The second kappa shape index (κ2) is 75.1. The van der Waals surface area contributed by atoms with Crippen LogP contribution in [-0.4, -0.2) is 23.1 Å². The van der Waals surface area contributed by atoms with Crippen LogP contribution in [-0.2, 0) is 0 Å². The first-order valence-corrected chi connectivity index (χ1v) is 0. The van der Waals surface area contributed by atoms with Gasteiger partial charge in [-0.15, -0.1) is 0 Å². The Morgan fingerprint density at radius 2 is 0.750 bits per heavy atom. The SMILES string of the molecule is F.F.F.[H-].[H-].[Mg+2]. The van der Waals surface area contributed by atoms with Gasteiger partial charge in [0.25, 0.3) is 0 Å². The van der Waals surface area contributed by atoms with Gasteiger partial charge in [-0.05, 0) is 0 Å². The van der Waals surface area contributed by atoms with Crippen molar-refractivity contribution < 1.29 is 17.0 Å². The van der Waals surface area contributed by atoms with E-state index in [4.69, 9.17) is 0 Å². The van der Waals surface area contributed by atoms with E-state index in [2.05, 4.69) is 0 Å². The first-order valence-electron chi connectivity index (χ1n) is 0. The number of rotatable bonds is 0. The molecule has 0 saturated heterocycles. The second-order valence-electron chi connectivity index (χ2n) is 0. The normalized spacial score (nSPS) is 0. The molecule has 0 aromatic rings. The van der Waals surface area contributed by atoms with Gasteiger partial charge in [0.1, 0.15) is 0 Å². The van der Waals surface area contributed by atoms with Crippen LogP contribution in [0.1, 0.15) is 2.85 Å². The Balaban J connectivity index is 0. The molecule has 28 valence electrons. The molecular weight excluding hydrogens is 81.3 g/mol. The Morgan fingerprint density at radius 3 is 0.750 bits per heavy atom. The predicted octanol–water partition coefficient (Wildman–Crippen LogP) is 0.302. The summed E-state index contributed by atoms with van der Waals surface area (Å²) in [6.45, 7) is 0. The van der Waals surface area contributed by atoms with Gasteiger partial charge in [0, 0.05) is 0 Å². The molecule has 0 fully saturated rings. The maximum Gasteiger partial charge on any atom is 2.00 e. The van der Waals surface area contributed by atoms with Crippen molar-refractivity contribution in [2.45, 2.75) is 0 Å². The molecular formula is H5F3Mg. The molecule has 0 nitrogen and oxygen atoms in total. The zero-order chi connectivity index (χ0) is 0. The molecule has 0 amide bonds. The van der Waals surface area contributed by atoms with Crippen LogP contribution in [0.25, 0.3) is 0 Å². The molecule has 0 unspecified atom stereocenters. The van der Waals surface area contributed by atoms with Crippen LogP contribution in [0.5, 0.6) is 0 Å². The summed E-state index contributed by atoms with van der Waals surface area (Å²) in [5.74, 6) is 0. The van der Waals surface area contributed by atoms with E-state index in [9.17, 15) is 0 Å². The van der Waals surface area contributed by atoms with Crippen molar-refractivity contribution in [1.29, 1.82) is 0 Å². The van der Waals surface area contributed by atoms with E-state index >= 15 is 0 Å². The molecule has 0 bridgehead atoms. The summed E-state index contributed by atoms with van der Waals surface area (Å²) in [4.78, 5) is 0. The van der Waals surface area contributed by atoms with Crippen molar-refractivity contribution in [2.75, 3.05) is 0 Å². The monoisotopic (exact) mass is 86.0 g/mol. The van der Waals surface area contributed by atoms with Crippen LogP contribution in [0.2, 0.25) is 0 Å². The van der Waals surface area contributed by atoms with Crippen LogP contribution in [0.15, 0.2) is 0 Å². The summed E-state index contributed by atoms with van der Waals surface area (Å²) >= 11 is 0. The molecule has 0 heterocycles.